The zero-order valence-corrected chi connectivity index (χ0v) is 19.1. The quantitative estimate of drug-likeness (QED) is 0.672. The molecule has 2 aliphatic rings. The van der Waals surface area contributed by atoms with Crippen LogP contribution in [0.2, 0.25) is 0 Å². The molecule has 1 amide bonds. The van der Waals surface area contributed by atoms with Gasteiger partial charge in [0.1, 0.15) is 12.4 Å². The van der Waals surface area contributed by atoms with Crippen molar-refractivity contribution in [3.63, 3.8) is 0 Å². The number of rotatable bonds is 8. The lowest BCUT2D eigenvalue weighted by molar-refractivity contribution is -0.133. The predicted octanol–water partition coefficient (Wildman–Crippen LogP) is 2.34. The monoisotopic (exact) mass is 442 g/mol. The van der Waals surface area contributed by atoms with Crippen molar-refractivity contribution in [1.82, 2.24) is 15.4 Å². The number of carbonyl (C=O) groups excluding carboxylic acids is 1. The average Bonchev–Trinajstić information content (AvgIpc) is 3.27. The maximum absolute atomic E-state index is 13.1. The summed E-state index contributed by atoms with van der Waals surface area (Å²) in [5.74, 6) is 2.63. The highest BCUT2D eigenvalue weighted by Gasteiger charge is 2.31. The number of methoxy groups -OCH3 is 2. The van der Waals surface area contributed by atoms with E-state index in [9.17, 15) is 4.79 Å². The van der Waals surface area contributed by atoms with E-state index in [0.717, 1.165) is 75.0 Å². The van der Waals surface area contributed by atoms with Crippen LogP contribution < -0.4 is 15.0 Å². The van der Waals surface area contributed by atoms with Crippen LogP contribution in [0.4, 0.5) is 5.69 Å². The molecule has 0 bridgehead atoms. The van der Waals surface area contributed by atoms with E-state index in [1.165, 1.54) is 0 Å². The summed E-state index contributed by atoms with van der Waals surface area (Å²) in [6, 6.07) is 10.0. The van der Waals surface area contributed by atoms with Gasteiger partial charge in [0, 0.05) is 45.8 Å². The zero-order valence-electron chi connectivity index (χ0n) is 19.1. The standard InChI is InChI=1S/C24H34N4O4/c1-30-17-21-15-20(26-32-21)13-19-16-25-8-7-18(19)14-24(29)28-11-9-27(10-12-28)22-5-3-4-6-23(22)31-2/h3-6,15,18-19,25H,7-14,16-17H2,1-2H3/t18-,19-/m0/s1. The number of anilines is 1. The average molecular weight is 443 g/mol. The second-order valence-electron chi connectivity index (χ2n) is 8.68. The first-order valence-corrected chi connectivity index (χ1v) is 11.5. The molecule has 0 aliphatic carbocycles. The van der Waals surface area contributed by atoms with E-state index in [1.54, 1.807) is 14.2 Å². The largest absolute Gasteiger partial charge is 0.495 e. The number of benzene rings is 1. The van der Waals surface area contributed by atoms with Crippen molar-refractivity contribution >= 4 is 11.6 Å². The van der Waals surface area contributed by atoms with Gasteiger partial charge >= 0.3 is 0 Å². The van der Waals surface area contributed by atoms with Crippen LogP contribution in [0.25, 0.3) is 0 Å². The summed E-state index contributed by atoms with van der Waals surface area (Å²) in [6.07, 6.45) is 2.43. The number of ether oxygens (including phenoxy) is 2. The molecular formula is C24H34N4O4. The van der Waals surface area contributed by atoms with Gasteiger partial charge < -0.3 is 29.1 Å². The minimum absolute atomic E-state index is 0.266. The number of aromatic nitrogens is 1. The number of amides is 1. The molecule has 1 aromatic heterocycles. The minimum Gasteiger partial charge on any atom is -0.495 e. The summed E-state index contributed by atoms with van der Waals surface area (Å²) in [7, 11) is 3.34. The molecule has 4 rings (SSSR count). The van der Waals surface area contributed by atoms with E-state index in [2.05, 4.69) is 21.4 Å². The van der Waals surface area contributed by atoms with Gasteiger partial charge in [-0.15, -0.1) is 0 Å². The van der Waals surface area contributed by atoms with Gasteiger partial charge in [-0.2, -0.15) is 0 Å². The van der Waals surface area contributed by atoms with Crippen molar-refractivity contribution in [2.45, 2.75) is 25.9 Å². The van der Waals surface area contributed by atoms with Crippen LogP contribution in [0.3, 0.4) is 0 Å². The van der Waals surface area contributed by atoms with Gasteiger partial charge in [0.15, 0.2) is 5.76 Å². The molecule has 2 aromatic rings. The van der Waals surface area contributed by atoms with Crippen molar-refractivity contribution < 1.29 is 18.8 Å². The minimum atomic E-state index is 0.266. The van der Waals surface area contributed by atoms with Gasteiger partial charge in [-0.3, -0.25) is 4.79 Å². The molecule has 0 saturated carbocycles. The highest BCUT2D eigenvalue weighted by Crippen LogP contribution is 2.30. The van der Waals surface area contributed by atoms with Gasteiger partial charge in [-0.1, -0.05) is 17.3 Å². The van der Waals surface area contributed by atoms with Crippen LogP contribution in [-0.4, -0.2) is 69.5 Å². The van der Waals surface area contributed by atoms with Crippen LogP contribution >= 0.6 is 0 Å². The van der Waals surface area contributed by atoms with Crippen molar-refractivity contribution in [3.8, 4) is 5.75 Å². The number of para-hydroxylation sites is 2. The summed E-state index contributed by atoms with van der Waals surface area (Å²) in [5, 5.41) is 7.67. The Hall–Kier alpha value is -2.58. The van der Waals surface area contributed by atoms with E-state index in [0.29, 0.717) is 24.9 Å². The smallest absolute Gasteiger partial charge is 0.222 e. The second-order valence-corrected chi connectivity index (χ2v) is 8.68. The van der Waals surface area contributed by atoms with Crippen LogP contribution in [0, 0.1) is 11.8 Å². The van der Waals surface area contributed by atoms with E-state index in [1.807, 2.05) is 29.2 Å². The summed E-state index contributed by atoms with van der Waals surface area (Å²) in [4.78, 5) is 17.5. The molecule has 0 radical (unpaired) electrons. The van der Waals surface area contributed by atoms with Gasteiger partial charge in [0.05, 0.1) is 18.5 Å². The number of hydrogen-bond donors (Lipinski definition) is 1. The lowest BCUT2D eigenvalue weighted by atomic mass is 9.81. The molecule has 8 nitrogen and oxygen atoms in total. The van der Waals surface area contributed by atoms with Crippen molar-refractivity contribution in [2.75, 3.05) is 58.4 Å². The maximum atomic E-state index is 13.1. The summed E-state index contributed by atoms with van der Waals surface area (Å²) in [5.41, 5.74) is 2.04. The number of hydrogen-bond acceptors (Lipinski definition) is 7. The molecule has 1 N–H and O–H groups in total. The van der Waals surface area contributed by atoms with Crippen LogP contribution in [0.1, 0.15) is 24.3 Å². The van der Waals surface area contributed by atoms with Crippen LogP contribution in [0.5, 0.6) is 5.75 Å². The number of piperazine rings is 1. The van der Waals surface area contributed by atoms with Crippen molar-refractivity contribution in [1.29, 1.82) is 0 Å². The first kappa shape index (κ1) is 22.6. The Morgan fingerprint density at radius 2 is 2.00 bits per heavy atom. The van der Waals surface area contributed by atoms with Crippen LogP contribution in [0.15, 0.2) is 34.9 Å². The van der Waals surface area contributed by atoms with Gasteiger partial charge in [0.2, 0.25) is 5.91 Å². The first-order chi connectivity index (χ1) is 15.7. The highest BCUT2D eigenvalue weighted by atomic mass is 16.5. The zero-order chi connectivity index (χ0) is 22.3. The third-order valence-electron chi connectivity index (χ3n) is 6.63. The molecule has 8 heteroatoms. The predicted molar refractivity (Wildman–Crippen MR) is 122 cm³/mol. The number of nitrogens with one attached hydrogen (secondary N) is 1. The fraction of sp³-hybridized carbons (Fsp3) is 0.583. The molecule has 32 heavy (non-hydrogen) atoms. The molecule has 2 atom stereocenters. The lowest BCUT2D eigenvalue weighted by Gasteiger charge is -2.38. The summed E-state index contributed by atoms with van der Waals surface area (Å²) >= 11 is 0. The van der Waals surface area contributed by atoms with Crippen molar-refractivity contribution in [3.05, 3.63) is 41.8 Å². The van der Waals surface area contributed by atoms with Crippen molar-refractivity contribution in [2.24, 2.45) is 11.8 Å². The molecule has 1 aromatic carbocycles. The molecule has 2 saturated heterocycles. The molecular weight excluding hydrogens is 408 g/mol. The fourth-order valence-corrected chi connectivity index (χ4v) is 4.86. The SMILES string of the molecule is COCc1cc(C[C@H]2CNCC[C@H]2CC(=O)N2CCN(c3ccccc3OC)CC2)no1. The van der Waals surface area contributed by atoms with E-state index in [4.69, 9.17) is 14.0 Å². The first-order valence-electron chi connectivity index (χ1n) is 11.5. The Kier molecular flexibility index (Phi) is 7.65. The fourth-order valence-electron chi connectivity index (χ4n) is 4.86. The Balaban J connectivity index is 1.31. The third-order valence-corrected chi connectivity index (χ3v) is 6.63. The molecule has 0 unspecified atom stereocenters. The van der Waals surface area contributed by atoms with E-state index in [-0.39, 0.29) is 5.91 Å². The van der Waals surface area contributed by atoms with Gasteiger partial charge in [0.25, 0.3) is 0 Å². The molecule has 2 fully saturated rings. The van der Waals surface area contributed by atoms with E-state index >= 15 is 0 Å². The highest BCUT2D eigenvalue weighted by molar-refractivity contribution is 5.77. The Labute approximate surface area is 189 Å². The lowest BCUT2D eigenvalue weighted by Crippen LogP contribution is -2.50. The molecule has 0 spiro atoms. The maximum Gasteiger partial charge on any atom is 0.222 e. The third kappa shape index (κ3) is 5.42. The Morgan fingerprint density at radius 1 is 1.19 bits per heavy atom. The number of piperidine rings is 1. The van der Waals surface area contributed by atoms with E-state index < -0.39 is 0 Å². The number of carbonyl (C=O) groups is 1. The number of nitrogens with zero attached hydrogens (tertiary/aromatic N) is 3. The Bertz CT molecular complexity index is 878. The van der Waals surface area contributed by atoms with Gasteiger partial charge in [-0.25, -0.2) is 0 Å². The Morgan fingerprint density at radius 3 is 2.78 bits per heavy atom. The second kappa shape index (κ2) is 10.8. The molecule has 174 valence electrons. The molecule has 2 aliphatic heterocycles. The van der Waals surface area contributed by atoms with Gasteiger partial charge in [-0.05, 0) is 49.9 Å². The topological polar surface area (TPSA) is 80.1 Å². The molecule has 3 heterocycles. The summed E-state index contributed by atoms with van der Waals surface area (Å²) < 4.78 is 16.0. The van der Waals surface area contributed by atoms with Crippen LogP contribution in [-0.2, 0) is 22.6 Å². The normalized spacial score (nSPS) is 21.6. The summed E-state index contributed by atoms with van der Waals surface area (Å²) in [6.45, 7) is 5.44.